The third-order valence-corrected chi connectivity index (χ3v) is 5.27. The molecular formula is C28H36N2O8. The Morgan fingerprint density at radius 1 is 0.605 bits per heavy atom. The smallest absolute Gasteiger partial charge is 0.344 e. The molecule has 2 amide bonds. The van der Waals surface area contributed by atoms with Crippen molar-refractivity contribution < 1.29 is 38.1 Å². The van der Waals surface area contributed by atoms with Gasteiger partial charge in [0.1, 0.15) is 11.5 Å². The lowest BCUT2D eigenvalue weighted by Crippen LogP contribution is -2.38. The van der Waals surface area contributed by atoms with E-state index in [9.17, 15) is 19.2 Å². The Hall–Kier alpha value is -4.08. The number of para-hydroxylation sites is 2. The Kier molecular flexibility index (Phi) is 12.6. The van der Waals surface area contributed by atoms with Gasteiger partial charge in [-0.2, -0.15) is 0 Å². The van der Waals surface area contributed by atoms with E-state index in [1.807, 2.05) is 64.1 Å². The minimum absolute atomic E-state index is 0.101. The number of carbonyl (C=O) groups excluding carboxylic acids is 4. The first-order valence-electron chi connectivity index (χ1n) is 12.5. The fourth-order valence-electron chi connectivity index (χ4n) is 3.33. The predicted octanol–water partition coefficient (Wildman–Crippen LogP) is 2.71. The number of rotatable bonds is 15. The zero-order valence-corrected chi connectivity index (χ0v) is 22.3. The number of benzene rings is 2. The molecule has 2 rings (SSSR count). The van der Waals surface area contributed by atoms with Crippen molar-refractivity contribution >= 4 is 23.8 Å². The van der Waals surface area contributed by atoms with E-state index >= 15 is 0 Å². The number of hydrogen-bond donors (Lipinski definition) is 2. The van der Waals surface area contributed by atoms with Crippen LogP contribution < -0.4 is 20.1 Å². The molecule has 2 aromatic rings. The van der Waals surface area contributed by atoms with Crippen LogP contribution in [0.3, 0.4) is 0 Å². The van der Waals surface area contributed by atoms with Gasteiger partial charge in [-0.1, -0.05) is 64.1 Å². The molecule has 0 bridgehead atoms. The van der Waals surface area contributed by atoms with E-state index in [1.54, 1.807) is 12.1 Å². The van der Waals surface area contributed by atoms with Crippen molar-refractivity contribution in [2.45, 2.75) is 39.5 Å². The van der Waals surface area contributed by atoms with Crippen LogP contribution in [0.5, 0.6) is 11.5 Å². The molecule has 10 nitrogen and oxygen atoms in total. The Morgan fingerprint density at radius 2 is 0.974 bits per heavy atom. The Labute approximate surface area is 223 Å². The van der Waals surface area contributed by atoms with Crippen LogP contribution in [0.4, 0.5) is 0 Å². The second-order valence-corrected chi connectivity index (χ2v) is 8.98. The van der Waals surface area contributed by atoms with Crippen LogP contribution in [0.15, 0.2) is 48.5 Å². The van der Waals surface area contributed by atoms with Crippen LogP contribution in [0.2, 0.25) is 0 Å². The van der Waals surface area contributed by atoms with Gasteiger partial charge in [-0.25, -0.2) is 9.59 Å². The van der Waals surface area contributed by atoms with Gasteiger partial charge in [-0.3, -0.25) is 9.59 Å². The summed E-state index contributed by atoms with van der Waals surface area (Å²) >= 11 is 0. The van der Waals surface area contributed by atoms with Crippen molar-refractivity contribution in [1.29, 1.82) is 0 Å². The minimum Gasteiger partial charge on any atom is -0.482 e. The first kappa shape index (κ1) is 30.1. The van der Waals surface area contributed by atoms with Gasteiger partial charge in [0, 0.05) is 13.1 Å². The van der Waals surface area contributed by atoms with Crippen LogP contribution in [0, 0.1) is 0 Å². The first-order valence-corrected chi connectivity index (χ1v) is 12.5. The third-order valence-electron chi connectivity index (χ3n) is 5.27. The normalized spacial score (nSPS) is 10.6. The van der Waals surface area contributed by atoms with Crippen LogP contribution >= 0.6 is 0 Å². The van der Waals surface area contributed by atoms with E-state index in [1.165, 1.54) is 0 Å². The first-order chi connectivity index (χ1) is 18.2. The summed E-state index contributed by atoms with van der Waals surface area (Å²) in [7, 11) is 0. The van der Waals surface area contributed by atoms with Crippen LogP contribution in [0.25, 0.3) is 0 Å². The highest BCUT2D eigenvalue weighted by Gasteiger charge is 2.13. The molecular weight excluding hydrogens is 492 g/mol. The molecule has 0 radical (unpaired) electrons. The van der Waals surface area contributed by atoms with Crippen molar-refractivity contribution in [3.63, 3.8) is 0 Å². The SMILES string of the molecule is CC(C)c1ccccc1OCC(=O)OCC(=O)NCCNC(=O)COC(=O)COc1ccccc1C(C)C. The fourth-order valence-corrected chi connectivity index (χ4v) is 3.33. The van der Waals surface area contributed by atoms with Gasteiger partial charge in [0.05, 0.1) is 0 Å². The molecule has 2 N–H and O–H groups in total. The molecule has 10 heteroatoms. The molecule has 0 aliphatic rings. The highest BCUT2D eigenvalue weighted by Crippen LogP contribution is 2.26. The summed E-state index contributed by atoms with van der Waals surface area (Å²) < 4.78 is 20.8. The second kappa shape index (κ2) is 15.9. The van der Waals surface area contributed by atoms with Crippen LogP contribution in [0.1, 0.15) is 50.7 Å². The Morgan fingerprint density at radius 3 is 1.34 bits per heavy atom. The highest BCUT2D eigenvalue weighted by atomic mass is 16.6. The lowest BCUT2D eigenvalue weighted by Gasteiger charge is -2.13. The fraction of sp³-hybridized carbons (Fsp3) is 0.429. The zero-order chi connectivity index (χ0) is 27.9. The van der Waals surface area contributed by atoms with Crippen LogP contribution in [-0.2, 0) is 28.7 Å². The summed E-state index contributed by atoms with van der Waals surface area (Å²) in [4.78, 5) is 47.5. The summed E-state index contributed by atoms with van der Waals surface area (Å²) in [6, 6.07) is 14.8. The van der Waals surface area contributed by atoms with E-state index < -0.39 is 37.0 Å². The summed E-state index contributed by atoms with van der Waals surface area (Å²) in [6.07, 6.45) is 0. The molecule has 206 valence electrons. The van der Waals surface area contributed by atoms with Gasteiger partial charge in [-0.05, 0) is 35.1 Å². The maximum Gasteiger partial charge on any atom is 0.344 e. The standard InChI is InChI=1S/C28H36N2O8/c1-19(2)21-9-5-7-11-23(21)35-17-27(33)37-15-25(31)29-13-14-30-26(32)16-38-28(34)18-36-24-12-8-6-10-22(24)20(3)4/h5-12,19-20H,13-18H2,1-4H3,(H,29,31)(H,30,32). The van der Waals surface area contributed by atoms with Crippen molar-refractivity contribution in [3.8, 4) is 11.5 Å². The van der Waals surface area contributed by atoms with E-state index in [2.05, 4.69) is 10.6 Å². The lowest BCUT2D eigenvalue weighted by molar-refractivity contribution is -0.150. The van der Waals surface area contributed by atoms with E-state index in [0.29, 0.717) is 11.5 Å². The van der Waals surface area contributed by atoms with Gasteiger partial charge < -0.3 is 29.6 Å². The number of hydrogen-bond acceptors (Lipinski definition) is 8. The monoisotopic (exact) mass is 528 g/mol. The maximum atomic E-state index is 11.9. The number of amides is 2. The topological polar surface area (TPSA) is 129 Å². The van der Waals surface area contributed by atoms with Crippen LogP contribution in [-0.4, -0.2) is 63.3 Å². The van der Waals surface area contributed by atoms with E-state index in [-0.39, 0.29) is 38.1 Å². The van der Waals surface area contributed by atoms with Gasteiger partial charge in [0.25, 0.3) is 11.8 Å². The largest absolute Gasteiger partial charge is 0.482 e. The second-order valence-electron chi connectivity index (χ2n) is 8.98. The molecule has 0 fully saturated rings. The van der Waals surface area contributed by atoms with Crippen molar-refractivity contribution in [1.82, 2.24) is 10.6 Å². The average Bonchev–Trinajstić information content (AvgIpc) is 2.90. The summed E-state index contributed by atoms with van der Waals surface area (Å²) in [5, 5.41) is 5.02. The lowest BCUT2D eigenvalue weighted by atomic mass is 10.0. The summed E-state index contributed by atoms with van der Waals surface area (Å²) in [5.41, 5.74) is 1.94. The zero-order valence-electron chi connectivity index (χ0n) is 22.3. The van der Waals surface area contributed by atoms with E-state index in [0.717, 1.165) is 11.1 Å². The quantitative estimate of drug-likeness (QED) is 0.267. The number of esters is 2. The number of carbonyl (C=O) groups is 4. The molecule has 0 heterocycles. The summed E-state index contributed by atoms with van der Waals surface area (Å²) in [6.45, 7) is 6.69. The average molecular weight is 529 g/mol. The van der Waals surface area contributed by atoms with E-state index in [4.69, 9.17) is 18.9 Å². The predicted molar refractivity (Wildman–Crippen MR) is 140 cm³/mol. The maximum absolute atomic E-state index is 11.9. The van der Waals surface area contributed by atoms with Gasteiger partial charge in [0.2, 0.25) is 0 Å². The number of ether oxygens (including phenoxy) is 4. The molecule has 0 unspecified atom stereocenters. The molecule has 0 saturated heterocycles. The van der Waals surface area contributed by atoms with Crippen molar-refractivity contribution in [2.75, 3.05) is 39.5 Å². The molecule has 38 heavy (non-hydrogen) atoms. The van der Waals surface area contributed by atoms with Gasteiger partial charge >= 0.3 is 11.9 Å². The molecule has 2 aromatic carbocycles. The summed E-state index contributed by atoms with van der Waals surface area (Å²) in [5.74, 6) is -0.764. The Balaban J connectivity index is 1.55. The molecule has 0 aliphatic carbocycles. The molecule has 0 saturated carbocycles. The number of nitrogens with one attached hydrogen (secondary N) is 2. The molecule has 0 aromatic heterocycles. The third kappa shape index (κ3) is 10.9. The van der Waals surface area contributed by atoms with Crippen molar-refractivity contribution in [3.05, 3.63) is 59.7 Å². The van der Waals surface area contributed by atoms with Gasteiger partial charge in [-0.15, -0.1) is 0 Å². The minimum atomic E-state index is -0.675. The highest BCUT2D eigenvalue weighted by molar-refractivity contribution is 5.82. The van der Waals surface area contributed by atoms with Crippen molar-refractivity contribution in [2.24, 2.45) is 0 Å². The molecule has 0 aliphatic heterocycles. The molecule has 0 atom stereocenters. The molecule has 0 spiro atoms. The Bertz CT molecular complexity index is 999. The van der Waals surface area contributed by atoms with Gasteiger partial charge in [0.15, 0.2) is 26.4 Å².